The van der Waals surface area contributed by atoms with Crippen molar-refractivity contribution >= 4 is 12.2 Å². The molecular formula is C12H22N2O2. The van der Waals surface area contributed by atoms with Crippen LogP contribution in [0.1, 0.15) is 26.7 Å². The molecule has 1 amide bonds. The first-order valence-corrected chi connectivity index (χ1v) is 6.07. The molecule has 0 atom stereocenters. The Morgan fingerprint density at radius 2 is 1.88 bits per heavy atom. The molecule has 0 spiro atoms. The van der Waals surface area contributed by atoms with E-state index in [-0.39, 0.29) is 5.91 Å². The van der Waals surface area contributed by atoms with E-state index in [1.54, 1.807) is 0 Å². The van der Waals surface area contributed by atoms with Gasteiger partial charge in [0.25, 0.3) is 0 Å². The monoisotopic (exact) mass is 226 g/mol. The molecule has 92 valence electrons. The number of rotatable bonds is 5. The largest absolute Gasteiger partial charge is 0.340 e. The molecule has 0 aromatic heterocycles. The fraction of sp³-hybridized carbons (Fsp3) is 0.833. The number of piperazine rings is 1. The first kappa shape index (κ1) is 13.2. The van der Waals surface area contributed by atoms with E-state index in [0.29, 0.717) is 18.9 Å². The average molecular weight is 226 g/mol. The highest BCUT2D eigenvalue weighted by Crippen LogP contribution is 2.08. The number of aldehydes is 1. The van der Waals surface area contributed by atoms with Crippen molar-refractivity contribution in [1.29, 1.82) is 0 Å². The summed E-state index contributed by atoms with van der Waals surface area (Å²) in [5.74, 6) is 0.847. The molecule has 0 aliphatic carbocycles. The van der Waals surface area contributed by atoms with Gasteiger partial charge >= 0.3 is 0 Å². The van der Waals surface area contributed by atoms with Crippen molar-refractivity contribution in [1.82, 2.24) is 9.80 Å². The van der Waals surface area contributed by atoms with E-state index in [1.165, 1.54) is 0 Å². The van der Waals surface area contributed by atoms with Gasteiger partial charge in [-0.15, -0.1) is 0 Å². The van der Waals surface area contributed by atoms with Gasteiger partial charge in [0.15, 0.2) is 0 Å². The molecule has 1 aliphatic heterocycles. The van der Waals surface area contributed by atoms with Crippen molar-refractivity contribution in [3.63, 3.8) is 0 Å². The zero-order chi connectivity index (χ0) is 12.0. The molecule has 0 aromatic rings. The van der Waals surface area contributed by atoms with Gasteiger partial charge in [-0.25, -0.2) is 0 Å². The maximum absolute atomic E-state index is 11.8. The summed E-state index contributed by atoms with van der Waals surface area (Å²) in [4.78, 5) is 26.2. The van der Waals surface area contributed by atoms with Crippen LogP contribution in [0.3, 0.4) is 0 Å². The second-order valence-electron chi connectivity index (χ2n) is 4.78. The summed E-state index contributed by atoms with van der Waals surface area (Å²) < 4.78 is 0. The van der Waals surface area contributed by atoms with Crippen LogP contribution in [0.5, 0.6) is 0 Å². The van der Waals surface area contributed by atoms with E-state index in [1.807, 2.05) is 4.90 Å². The lowest BCUT2D eigenvalue weighted by Gasteiger charge is -2.33. The van der Waals surface area contributed by atoms with Gasteiger partial charge in [-0.3, -0.25) is 9.69 Å². The van der Waals surface area contributed by atoms with E-state index in [4.69, 9.17) is 0 Å². The van der Waals surface area contributed by atoms with E-state index in [2.05, 4.69) is 18.7 Å². The molecule has 0 saturated carbocycles. The minimum Gasteiger partial charge on any atom is -0.340 e. The summed E-state index contributed by atoms with van der Waals surface area (Å²) in [6, 6.07) is 0. The number of nitrogens with zero attached hydrogens (tertiary/aromatic N) is 2. The number of hydrogen-bond acceptors (Lipinski definition) is 3. The van der Waals surface area contributed by atoms with Crippen LogP contribution in [-0.2, 0) is 9.59 Å². The van der Waals surface area contributed by atoms with Crippen LogP contribution in [0.25, 0.3) is 0 Å². The van der Waals surface area contributed by atoms with Crippen LogP contribution in [0, 0.1) is 5.92 Å². The molecule has 4 heteroatoms. The van der Waals surface area contributed by atoms with Crippen molar-refractivity contribution in [3.05, 3.63) is 0 Å². The van der Waals surface area contributed by atoms with E-state index < -0.39 is 0 Å². The third-order valence-corrected chi connectivity index (χ3v) is 2.99. The molecule has 0 bridgehead atoms. The summed E-state index contributed by atoms with van der Waals surface area (Å²) in [7, 11) is 0. The van der Waals surface area contributed by atoms with Crippen molar-refractivity contribution in [3.8, 4) is 0 Å². The first-order valence-electron chi connectivity index (χ1n) is 6.07. The van der Waals surface area contributed by atoms with Crippen LogP contribution in [0.15, 0.2) is 0 Å². The number of hydrogen-bond donors (Lipinski definition) is 0. The Balaban J connectivity index is 2.24. The van der Waals surface area contributed by atoms with Crippen LogP contribution >= 0.6 is 0 Å². The van der Waals surface area contributed by atoms with E-state index in [9.17, 15) is 9.59 Å². The molecular weight excluding hydrogens is 204 g/mol. The van der Waals surface area contributed by atoms with Gasteiger partial charge in [-0.05, 0) is 12.3 Å². The Kier molecular flexibility index (Phi) is 5.46. The van der Waals surface area contributed by atoms with E-state index >= 15 is 0 Å². The highest BCUT2D eigenvalue weighted by molar-refractivity contribution is 5.76. The molecule has 1 fully saturated rings. The Labute approximate surface area is 97.6 Å². The molecule has 1 rings (SSSR count). The molecule has 0 aromatic carbocycles. The summed E-state index contributed by atoms with van der Waals surface area (Å²) in [5, 5.41) is 0. The minimum absolute atomic E-state index is 0.263. The summed E-state index contributed by atoms with van der Waals surface area (Å²) >= 11 is 0. The van der Waals surface area contributed by atoms with Crippen LogP contribution in [0.2, 0.25) is 0 Å². The second kappa shape index (κ2) is 6.63. The number of carbonyl (C=O) groups is 2. The zero-order valence-electron chi connectivity index (χ0n) is 10.3. The lowest BCUT2D eigenvalue weighted by Crippen LogP contribution is -2.49. The van der Waals surface area contributed by atoms with Crippen molar-refractivity contribution in [2.45, 2.75) is 26.7 Å². The first-order chi connectivity index (χ1) is 7.63. The number of carbonyl (C=O) groups excluding carboxylic acids is 2. The Morgan fingerprint density at radius 3 is 2.38 bits per heavy atom. The van der Waals surface area contributed by atoms with Gasteiger partial charge < -0.3 is 9.69 Å². The lowest BCUT2D eigenvalue weighted by atomic mass is 10.1. The fourth-order valence-electron chi connectivity index (χ4n) is 1.86. The average Bonchev–Trinajstić information content (AvgIpc) is 2.27. The van der Waals surface area contributed by atoms with Crippen LogP contribution in [-0.4, -0.2) is 54.7 Å². The highest BCUT2D eigenvalue weighted by Gasteiger charge is 2.20. The van der Waals surface area contributed by atoms with Gasteiger partial charge in [-0.2, -0.15) is 0 Å². The SMILES string of the molecule is CC(C)CCC(=O)N1CCN(CC=O)CC1. The number of amides is 1. The van der Waals surface area contributed by atoms with Gasteiger partial charge in [0.1, 0.15) is 6.29 Å². The smallest absolute Gasteiger partial charge is 0.222 e. The molecule has 0 N–H and O–H groups in total. The van der Waals surface area contributed by atoms with Gasteiger partial charge in [-0.1, -0.05) is 13.8 Å². The zero-order valence-corrected chi connectivity index (χ0v) is 10.3. The second-order valence-corrected chi connectivity index (χ2v) is 4.78. The highest BCUT2D eigenvalue weighted by atomic mass is 16.2. The van der Waals surface area contributed by atoms with Gasteiger partial charge in [0.05, 0.1) is 6.54 Å². The predicted molar refractivity (Wildman–Crippen MR) is 63.2 cm³/mol. The van der Waals surface area contributed by atoms with Gasteiger partial charge in [0.2, 0.25) is 5.91 Å². The molecule has 16 heavy (non-hydrogen) atoms. The van der Waals surface area contributed by atoms with Crippen molar-refractivity contribution in [2.75, 3.05) is 32.7 Å². The normalized spacial score (nSPS) is 17.8. The molecule has 1 saturated heterocycles. The summed E-state index contributed by atoms with van der Waals surface area (Å²) in [6.45, 7) is 7.95. The Morgan fingerprint density at radius 1 is 1.25 bits per heavy atom. The molecule has 0 radical (unpaired) electrons. The molecule has 4 nitrogen and oxygen atoms in total. The third-order valence-electron chi connectivity index (χ3n) is 2.99. The Hall–Kier alpha value is -0.900. The van der Waals surface area contributed by atoms with Crippen LogP contribution in [0.4, 0.5) is 0 Å². The lowest BCUT2D eigenvalue weighted by molar-refractivity contribution is -0.133. The maximum atomic E-state index is 11.8. The molecule has 1 heterocycles. The van der Waals surface area contributed by atoms with Crippen LogP contribution < -0.4 is 0 Å². The topological polar surface area (TPSA) is 40.6 Å². The third kappa shape index (κ3) is 4.31. The van der Waals surface area contributed by atoms with Gasteiger partial charge in [0, 0.05) is 32.6 Å². The van der Waals surface area contributed by atoms with E-state index in [0.717, 1.165) is 38.9 Å². The summed E-state index contributed by atoms with van der Waals surface area (Å²) in [6.07, 6.45) is 2.55. The predicted octanol–water partition coefficient (Wildman–Crippen LogP) is 0.766. The molecule has 0 unspecified atom stereocenters. The maximum Gasteiger partial charge on any atom is 0.222 e. The summed E-state index contributed by atoms with van der Waals surface area (Å²) in [5.41, 5.74) is 0. The minimum atomic E-state index is 0.263. The Bertz CT molecular complexity index is 233. The molecule has 1 aliphatic rings. The standard InChI is InChI=1S/C12H22N2O2/c1-11(2)3-4-12(16)14-7-5-13(6-8-14)9-10-15/h10-11H,3-9H2,1-2H3. The fourth-order valence-corrected chi connectivity index (χ4v) is 1.86. The van der Waals surface area contributed by atoms with Crippen molar-refractivity contribution < 1.29 is 9.59 Å². The quantitative estimate of drug-likeness (QED) is 0.650. The van der Waals surface area contributed by atoms with Crippen molar-refractivity contribution in [2.24, 2.45) is 5.92 Å².